The first-order chi connectivity index (χ1) is 11.1. The molecule has 0 radical (unpaired) electrons. The normalized spacial score (nSPS) is 11.0. The van der Waals surface area contributed by atoms with Gasteiger partial charge in [-0.15, -0.1) is 0 Å². The average molecular weight is 324 g/mol. The number of pyridine rings is 1. The molecule has 0 bridgehead atoms. The number of rotatable bonds is 4. The maximum absolute atomic E-state index is 10.0. The van der Waals surface area contributed by atoms with Crippen LogP contribution in [0.4, 0.5) is 0 Å². The molecule has 0 aliphatic rings. The van der Waals surface area contributed by atoms with Gasteiger partial charge >= 0.3 is 0 Å². The Balaban J connectivity index is 1.82. The zero-order chi connectivity index (χ0) is 16.2. The minimum Gasteiger partial charge on any atom is -0.506 e. The predicted molar refractivity (Wildman–Crippen MR) is 94.6 cm³/mol. The smallest absolute Gasteiger partial charge is 0.143 e. The van der Waals surface area contributed by atoms with Gasteiger partial charge in [-0.25, -0.2) is 0 Å². The van der Waals surface area contributed by atoms with Crippen molar-refractivity contribution in [2.24, 2.45) is 5.10 Å². The van der Waals surface area contributed by atoms with Crippen molar-refractivity contribution in [3.8, 4) is 5.75 Å². The van der Waals surface area contributed by atoms with E-state index in [1.54, 1.807) is 18.3 Å². The summed E-state index contributed by atoms with van der Waals surface area (Å²) in [4.78, 5) is 4.18. The number of benzene rings is 2. The molecule has 0 fully saturated rings. The Labute approximate surface area is 138 Å². The van der Waals surface area contributed by atoms with Gasteiger partial charge < -0.3 is 5.11 Å². The third-order valence-electron chi connectivity index (χ3n) is 3.38. The summed E-state index contributed by atoms with van der Waals surface area (Å²) in [6, 6.07) is 14.8. The molecule has 1 heterocycles. The lowest BCUT2D eigenvalue weighted by molar-refractivity contribution is 0.473. The molecule has 0 spiro atoms. The highest BCUT2D eigenvalue weighted by atomic mass is 35.5. The Morgan fingerprint density at radius 3 is 2.70 bits per heavy atom. The number of hydrogen-bond donors (Lipinski definition) is 2. The van der Waals surface area contributed by atoms with Crippen molar-refractivity contribution in [2.45, 2.75) is 0 Å². The number of nitrogens with zero attached hydrogens (tertiary/aromatic N) is 2. The van der Waals surface area contributed by atoms with Crippen LogP contribution in [0.15, 0.2) is 66.4 Å². The van der Waals surface area contributed by atoms with Crippen LogP contribution in [0.3, 0.4) is 0 Å². The van der Waals surface area contributed by atoms with Crippen molar-refractivity contribution in [1.82, 2.24) is 10.4 Å². The number of fused-ring (bicyclic) bond motifs is 1. The Kier molecular flexibility index (Phi) is 4.26. The summed E-state index contributed by atoms with van der Waals surface area (Å²) in [5, 5.41) is 15.7. The van der Waals surface area contributed by atoms with Gasteiger partial charge in [-0.05, 0) is 23.8 Å². The van der Waals surface area contributed by atoms with Crippen LogP contribution >= 0.6 is 11.6 Å². The lowest BCUT2D eigenvalue weighted by atomic mass is 10.1. The molecule has 0 unspecified atom stereocenters. The van der Waals surface area contributed by atoms with Gasteiger partial charge in [-0.3, -0.25) is 10.4 Å². The second-order valence-electron chi connectivity index (χ2n) is 4.93. The average Bonchev–Trinajstić information content (AvgIpc) is 2.57. The van der Waals surface area contributed by atoms with Crippen LogP contribution in [-0.4, -0.2) is 16.3 Å². The second-order valence-corrected chi connectivity index (χ2v) is 5.37. The molecule has 23 heavy (non-hydrogen) atoms. The summed E-state index contributed by atoms with van der Waals surface area (Å²) in [6.45, 7) is 3.93. The number of nitrogens with one attached hydrogen (secondary N) is 1. The fourth-order valence-electron chi connectivity index (χ4n) is 2.18. The minimum absolute atomic E-state index is 0.0753. The van der Waals surface area contributed by atoms with Gasteiger partial charge in [-0.1, -0.05) is 48.5 Å². The van der Waals surface area contributed by atoms with Crippen LogP contribution in [0.2, 0.25) is 5.02 Å². The minimum atomic E-state index is 0.0753. The van der Waals surface area contributed by atoms with Crippen molar-refractivity contribution in [1.29, 1.82) is 0 Å². The van der Waals surface area contributed by atoms with Crippen molar-refractivity contribution in [3.63, 3.8) is 0 Å². The number of hydrazone groups is 1. The molecule has 2 aromatic carbocycles. The van der Waals surface area contributed by atoms with E-state index in [0.717, 1.165) is 16.5 Å². The summed E-state index contributed by atoms with van der Waals surface area (Å²) >= 11 is 5.86. The second kappa shape index (κ2) is 6.50. The SMILES string of the molecule is C=C(N/N=C/c1c(O)cnc2ccccc12)c1ccc(Cl)cc1. The molecule has 2 N–H and O–H groups in total. The van der Waals surface area contributed by atoms with Crippen molar-refractivity contribution in [3.05, 3.63) is 77.5 Å². The molecule has 0 saturated heterocycles. The summed E-state index contributed by atoms with van der Waals surface area (Å²) < 4.78 is 0. The molecule has 0 aliphatic carbocycles. The lowest BCUT2D eigenvalue weighted by Gasteiger charge is -2.06. The van der Waals surface area contributed by atoms with Crippen LogP contribution in [0.1, 0.15) is 11.1 Å². The van der Waals surface area contributed by atoms with Crippen molar-refractivity contribution >= 4 is 34.4 Å². The van der Waals surface area contributed by atoms with E-state index in [1.165, 1.54) is 6.20 Å². The van der Waals surface area contributed by atoms with Gasteiger partial charge in [0.05, 0.1) is 23.6 Å². The van der Waals surface area contributed by atoms with E-state index in [9.17, 15) is 5.11 Å². The molecule has 1 aromatic heterocycles. The summed E-state index contributed by atoms with van der Waals surface area (Å²) in [5.41, 5.74) is 5.78. The largest absolute Gasteiger partial charge is 0.506 e. The first-order valence-electron chi connectivity index (χ1n) is 6.96. The topological polar surface area (TPSA) is 57.5 Å². The molecule has 114 valence electrons. The number of aromatic hydroxyl groups is 1. The molecule has 0 amide bonds. The Hall–Kier alpha value is -2.85. The maximum Gasteiger partial charge on any atom is 0.143 e. The van der Waals surface area contributed by atoms with Gasteiger partial charge in [0.2, 0.25) is 0 Å². The van der Waals surface area contributed by atoms with Crippen molar-refractivity contribution in [2.75, 3.05) is 0 Å². The predicted octanol–water partition coefficient (Wildman–Crippen LogP) is 4.19. The van der Waals surface area contributed by atoms with E-state index in [4.69, 9.17) is 11.6 Å². The number of para-hydroxylation sites is 1. The number of aromatic nitrogens is 1. The van der Waals surface area contributed by atoms with Gasteiger partial charge in [0.25, 0.3) is 0 Å². The fraction of sp³-hybridized carbons (Fsp3) is 0. The Morgan fingerprint density at radius 1 is 1.17 bits per heavy atom. The highest BCUT2D eigenvalue weighted by Gasteiger charge is 2.05. The first kappa shape index (κ1) is 15.1. The molecule has 3 rings (SSSR count). The quantitative estimate of drug-likeness (QED) is 0.559. The Bertz CT molecular complexity index is 888. The number of hydrogen-bond acceptors (Lipinski definition) is 4. The van der Waals surface area contributed by atoms with Crippen LogP contribution in [0.25, 0.3) is 16.6 Å². The molecule has 3 aromatic rings. The molecule has 0 aliphatic heterocycles. The lowest BCUT2D eigenvalue weighted by Crippen LogP contribution is -2.03. The van der Waals surface area contributed by atoms with Gasteiger partial charge in [0.15, 0.2) is 0 Å². The number of halogens is 1. The van der Waals surface area contributed by atoms with Crippen LogP contribution in [-0.2, 0) is 0 Å². The summed E-state index contributed by atoms with van der Waals surface area (Å²) in [6.07, 6.45) is 2.97. The Morgan fingerprint density at radius 2 is 1.91 bits per heavy atom. The maximum atomic E-state index is 10.0. The van der Waals surface area contributed by atoms with Crippen LogP contribution < -0.4 is 5.43 Å². The van der Waals surface area contributed by atoms with Gasteiger partial charge in [0, 0.05) is 16.0 Å². The molecule has 0 atom stereocenters. The van der Waals surface area contributed by atoms with Gasteiger partial charge in [0.1, 0.15) is 5.75 Å². The monoisotopic (exact) mass is 323 g/mol. The highest BCUT2D eigenvalue weighted by molar-refractivity contribution is 6.30. The third-order valence-corrected chi connectivity index (χ3v) is 3.63. The van der Waals surface area contributed by atoms with E-state index in [2.05, 4.69) is 22.1 Å². The zero-order valence-electron chi connectivity index (χ0n) is 12.2. The van der Waals surface area contributed by atoms with Gasteiger partial charge in [-0.2, -0.15) is 5.10 Å². The molecule has 4 nitrogen and oxygen atoms in total. The van der Waals surface area contributed by atoms with Crippen LogP contribution in [0, 0.1) is 0 Å². The summed E-state index contributed by atoms with van der Waals surface area (Å²) in [5.74, 6) is 0.0753. The third kappa shape index (κ3) is 3.33. The fourth-order valence-corrected chi connectivity index (χ4v) is 2.30. The molecule has 0 saturated carbocycles. The first-order valence-corrected chi connectivity index (χ1v) is 7.33. The zero-order valence-corrected chi connectivity index (χ0v) is 13.0. The molecular formula is C18H14ClN3O. The highest BCUT2D eigenvalue weighted by Crippen LogP contribution is 2.23. The molecule has 5 heteroatoms. The van der Waals surface area contributed by atoms with E-state index >= 15 is 0 Å². The van der Waals surface area contributed by atoms with Crippen molar-refractivity contribution < 1.29 is 5.11 Å². The van der Waals surface area contributed by atoms with E-state index in [-0.39, 0.29) is 5.75 Å². The summed E-state index contributed by atoms with van der Waals surface area (Å²) in [7, 11) is 0. The standard InChI is InChI=1S/C18H14ClN3O/c1-12(13-6-8-14(19)9-7-13)22-21-10-16-15-4-2-3-5-17(15)20-11-18(16)23/h2-11,22-23H,1H2/b21-10+. The van der Waals surface area contributed by atoms with E-state index in [0.29, 0.717) is 16.3 Å². The van der Waals surface area contributed by atoms with E-state index < -0.39 is 0 Å². The molecular weight excluding hydrogens is 310 g/mol. The van der Waals surface area contributed by atoms with Crippen LogP contribution in [0.5, 0.6) is 5.75 Å². The van der Waals surface area contributed by atoms with E-state index in [1.807, 2.05) is 36.4 Å².